The minimum Gasteiger partial charge on any atom is -0.394 e. The second-order valence-corrected chi connectivity index (χ2v) is 9.65. The van der Waals surface area contributed by atoms with E-state index in [1.807, 2.05) is 11.0 Å². The Kier molecular flexibility index (Phi) is 7.04. The summed E-state index contributed by atoms with van der Waals surface area (Å²) in [7, 11) is 0. The third-order valence-electron chi connectivity index (χ3n) is 6.88. The van der Waals surface area contributed by atoms with E-state index in [4.69, 9.17) is 11.6 Å². The number of anilines is 2. The highest BCUT2D eigenvalue weighted by Crippen LogP contribution is 2.50. The van der Waals surface area contributed by atoms with Gasteiger partial charge in [-0.2, -0.15) is 4.98 Å². The minimum atomic E-state index is -0.370. The molecule has 1 saturated carbocycles. The van der Waals surface area contributed by atoms with Gasteiger partial charge in [0.25, 0.3) is 5.91 Å². The zero-order chi connectivity index (χ0) is 25.2. The van der Waals surface area contributed by atoms with Crippen LogP contribution in [-0.4, -0.2) is 45.3 Å². The zero-order valence-corrected chi connectivity index (χ0v) is 20.2. The molecule has 2 fully saturated rings. The first-order valence-electron chi connectivity index (χ1n) is 11.9. The summed E-state index contributed by atoms with van der Waals surface area (Å²) < 4.78 is 13.2. The smallest absolute Gasteiger partial charge is 0.256 e. The molecule has 3 unspecified atom stereocenters. The third kappa shape index (κ3) is 5.13. The van der Waals surface area contributed by atoms with E-state index in [0.29, 0.717) is 40.7 Å². The Labute approximate surface area is 213 Å². The van der Waals surface area contributed by atoms with Crippen LogP contribution < -0.4 is 15.5 Å². The van der Waals surface area contributed by atoms with Crippen molar-refractivity contribution in [2.24, 2.45) is 11.8 Å². The fourth-order valence-electron chi connectivity index (χ4n) is 4.74. The Balaban J connectivity index is 1.37. The first-order chi connectivity index (χ1) is 17.5. The lowest BCUT2D eigenvalue weighted by Gasteiger charge is -2.26. The summed E-state index contributed by atoms with van der Waals surface area (Å²) in [6.45, 7) is 1.23. The summed E-state index contributed by atoms with van der Waals surface area (Å²) in [4.78, 5) is 24.2. The predicted octanol–water partition coefficient (Wildman–Crippen LogP) is 3.12. The number of rotatable bonds is 9. The van der Waals surface area contributed by atoms with Crippen LogP contribution in [0.4, 0.5) is 16.2 Å². The molecule has 3 atom stereocenters. The van der Waals surface area contributed by atoms with Crippen molar-refractivity contribution in [2.45, 2.75) is 32.2 Å². The molecule has 1 aliphatic carbocycles. The van der Waals surface area contributed by atoms with Crippen molar-refractivity contribution in [1.82, 2.24) is 15.3 Å². The quantitative estimate of drug-likeness (QED) is 0.349. The Bertz CT molecular complexity index is 1260. The molecule has 2 aliphatic rings. The first-order valence-corrected chi connectivity index (χ1v) is 12.2. The average molecular weight is 512 g/mol. The van der Waals surface area contributed by atoms with Gasteiger partial charge in [-0.15, -0.1) is 0 Å². The van der Waals surface area contributed by atoms with Gasteiger partial charge in [-0.1, -0.05) is 35.9 Å². The number of halogens is 2. The number of carbonyl (C=O) groups excluding carboxylic acids is 1. The highest BCUT2D eigenvalue weighted by molar-refractivity contribution is 6.31. The van der Waals surface area contributed by atoms with Crippen LogP contribution in [-0.2, 0) is 19.7 Å². The van der Waals surface area contributed by atoms with Gasteiger partial charge >= 0.3 is 0 Å². The van der Waals surface area contributed by atoms with Crippen molar-refractivity contribution in [1.29, 1.82) is 0 Å². The maximum Gasteiger partial charge on any atom is 0.256 e. The predicted molar refractivity (Wildman–Crippen MR) is 134 cm³/mol. The molecule has 0 radical (unpaired) electrons. The molecule has 0 bridgehead atoms. The molecular formula is C26H27ClFN5O3. The number of aromatic nitrogens is 2. The summed E-state index contributed by atoms with van der Waals surface area (Å²) in [5.41, 5.74) is 2.51. The molecule has 1 aliphatic heterocycles. The van der Waals surface area contributed by atoms with Gasteiger partial charge in [0, 0.05) is 30.9 Å². The van der Waals surface area contributed by atoms with Crippen LogP contribution in [0.3, 0.4) is 0 Å². The number of amides is 1. The summed E-state index contributed by atoms with van der Waals surface area (Å²) >= 11 is 6.23. The molecular weight excluding hydrogens is 485 g/mol. The van der Waals surface area contributed by atoms with Gasteiger partial charge in [0.2, 0.25) is 5.95 Å². The van der Waals surface area contributed by atoms with Crippen molar-refractivity contribution in [3.05, 3.63) is 81.8 Å². The van der Waals surface area contributed by atoms with E-state index in [2.05, 4.69) is 20.6 Å². The normalized spacial score (nSPS) is 20.2. The van der Waals surface area contributed by atoms with Gasteiger partial charge < -0.3 is 25.7 Å². The Hall–Kier alpha value is -3.27. The lowest BCUT2D eigenvalue weighted by atomic mass is 10.1. The molecule has 1 saturated heterocycles. The molecule has 2 heterocycles. The Morgan fingerprint density at radius 3 is 2.64 bits per heavy atom. The Morgan fingerprint density at radius 2 is 1.92 bits per heavy atom. The number of carbonyl (C=O) groups is 1. The van der Waals surface area contributed by atoms with E-state index < -0.39 is 0 Å². The third-order valence-corrected chi connectivity index (χ3v) is 7.23. The number of benzene rings is 2. The van der Waals surface area contributed by atoms with Crippen LogP contribution in [0.2, 0.25) is 5.02 Å². The topological polar surface area (TPSA) is 111 Å². The largest absolute Gasteiger partial charge is 0.394 e. The highest BCUT2D eigenvalue weighted by Gasteiger charge is 2.53. The van der Waals surface area contributed by atoms with Crippen LogP contribution in [0.25, 0.3) is 0 Å². The van der Waals surface area contributed by atoms with E-state index in [1.165, 1.54) is 18.3 Å². The Morgan fingerprint density at radius 1 is 1.14 bits per heavy atom. The monoisotopic (exact) mass is 511 g/mol. The van der Waals surface area contributed by atoms with Crippen molar-refractivity contribution >= 4 is 29.3 Å². The molecule has 8 nitrogen and oxygen atoms in total. The van der Waals surface area contributed by atoms with E-state index in [9.17, 15) is 19.4 Å². The molecule has 5 rings (SSSR count). The molecule has 10 heteroatoms. The van der Waals surface area contributed by atoms with Crippen LogP contribution in [0.15, 0.2) is 48.7 Å². The minimum absolute atomic E-state index is 0.0224. The molecule has 188 valence electrons. The highest BCUT2D eigenvalue weighted by atomic mass is 35.5. The number of fused-ring (bicyclic) bond motifs is 1. The SMILES string of the molecule is O=C(NCc1ccc(F)cc1)c1cnc(N2CC3CC3C2CO)nc1NCc1ccc(CO)c(Cl)c1. The number of nitrogens with one attached hydrogen (secondary N) is 2. The van der Waals surface area contributed by atoms with Gasteiger partial charge in [0.15, 0.2) is 0 Å². The van der Waals surface area contributed by atoms with E-state index >= 15 is 0 Å². The molecule has 0 spiro atoms. The second-order valence-electron chi connectivity index (χ2n) is 9.24. The van der Waals surface area contributed by atoms with E-state index in [-0.39, 0.29) is 43.1 Å². The average Bonchev–Trinajstić information content (AvgIpc) is 3.56. The van der Waals surface area contributed by atoms with Gasteiger partial charge in [0.05, 0.1) is 19.3 Å². The fourth-order valence-corrected chi connectivity index (χ4v) is 5.00. The van der Waals surface area contributed by atoms with Crippen molar-refractivity contribution in [3.8, 4) is 0 Å². The van der Waals surface area contributed by atoms with Crippen LogP contribution in [0.1, 0.15) is 33.5 Å². The summed E-state index contributed by atoms with van der Waals surface area (Å²) in [5, 5.41) is 25.8. The van der Waals surface area contributed by atoms with Crippen molar-refractivity contribution in [2.75, 3.05) is 23.4 Å². The summed E-state index contributed by atoms with van der Waals surface area (Å²) in [6.07, 6.45) is 2.60. The summed E-state index contributed by atoms with van der Waals surface area (Å²) in [6, 6.07) is 11.2. The van der Waals surface area contributed by atoms with Crippen LogP contribution in [0.5, 0.6) is 0 Å². The number of hydrogen-bond donors (Lipinski definition) is 4. The lowest BCUT2D eigenvalue weighted by Crippen LogP contribution is -2.37. The van der Waals surface area contributed by atoms with Crippen LogP contribution in [0, 0.1) is 17.7 Å². The van der Waals surface area contributed by atoms with E-state index in [0.717, 1.165) is 24.1 Å². The fraction of sp³-hybridized carbons (Fsp3) is 0.346. The second kappa shape index (κ2) is 10.4. The summed E-state index contributed by atoms with van der Waals surface area (Å²) in [5.74, 6) is 1.12. The molecule has 2 aromatic carbocycles. The maximum absolute atomic E-state index is 13.2. The molecule has 3 aromatic rings. The van der Waals surface area contributed by atoms with Gasteiger partial charge in [-0.3, -0.25) is 4.79 Å². The number of aliphatic hydroxyl groups is 2. The molecule has 4 N–H and O–H groups in total. The van der Waals surface area contributed by atoms with E-state index in [1.54, 1.807) is 24.3 Å². The van der Waals surface area contributed by atoms with Crippen LogP contribution >= 0.6 is 11.6 Å². The van der Waals surface area contributed by atoms with Gasteiger partial charge in [-0.05, 0) is 53.1 Å². The number of nitrogens with zero attached hydrogens (tertiary/aromatic N) is 3. The molecule has 1 amide bonds. The first kappa shape index (κ1) is 24.4. The van der Waals surface area contributed by atoms with Crippen molar-refractivity contribution in [3.63, 3.8) is 0 Å². The number of piperidine rings is 1. The number of aliphatic hydroxyl groups excluding tert-OH is 2. The zero-order valence-electron chi connectivity index (χ0n) is 19.5. The number of hydrogen-bond acceptors (Lipinski definition) is 7. The standard InChI is InChI=1S/C26H27ClFN5O3/c27-22-7-16(1-4-17(22)13-34)10-29-24-21(25(36)30-9-15-2-5-19(28)6-3-15)11-31-26(32-24)33-12-18-8-20(18)23(33)14-35/h1-7,11,18,20,23,34-35H,8-10,12-14H2,(H,30,36)(H,29,31,32). The van der Waals surface area contributed by atoms with Gasteiger partial charge in [-0.25, -0.2) is 9.37 Å². The molecule has 1 aromatic heterocycles. The lowest BCUT2D eigenvalue weighted by molar-refractivity contribution is 0.0951. The molecule has 36 heavy (non-hydrogen) atoms. The van der Waals surface area contributed by atoms with Crippen molar-refractivity contribution < 1.29 is 19.4 Å². The van der Waals surface area contributed by atoms with Gasteiger partial charge in [0.1, 0.15) is 17.2 Å². The maximum atomic E-state index is 13.2.